The molecule has 1 atom stereocenters. The van der Waals surface area contributed by atoms with Crippen LogP contribution in [0.15, 0.2) is 83.8 Å². The number of hydrogen-bond acceptors (Lipinski definition) is 6. The Labute approximate surface area is 230 Å². The van der Waals surface area contributed by atoms with Crippen molar-refractivity contribution in [1.29, 1.82) is 0 Å². The Morgan fingerprint density at radius 1 is 0.846 bits per heavy atom. The molecule has 3 rings (SSSR count). The van der Waals surface area contributed by atoms with Crippen LogP contribution < -0.4 is 19.1 Å². The van der Waals surface area contributed by atoms with Gasteiger partial charge in [-0.25, -0.2) is 8.42 Å². The summed E-state index contributed by atoms with van der Waals surface area (Å²) in [7, 11) is -1.18. The molecule has 0 saturated carbocycles. The number of nitrogens with zero attached hydrogens (tertiary/aromatic N) is 2. The maximum atomic E-state index is 13.9. The number of carbonyl (C=O) groups excluding carboxylic acids is 2. The Morgan fingerprint density at radius 2 is 1.46 bits per heavy atom. The zero-order valence-electron chi connectivity index (χ0n) is 22.8. The number of hydrogen-bond donors (Lipinski definition) is 1. The molecule has 39 heavy (non-hydrogen) atoms. The SMILES string of the molecule is COc1ccc(CN(C(=O)CN(c2ccccc2OC)S(=O)(=O)c2ccccc2)[C@H](C)C(=O)NC(C)C)cc1. The lowest BCUT2D eigenvalue weighted by Gasteiger charge is -2.32. The van der Waals surface area contributed by atoms with Crippen molar-refractivity contribution in [3.05, 3.63) is 84.4 Å². The van der Waals surface area contributed by atoms with Crippen LogP contribution in [-0.2, 0) is 26.2 Å². The molecule has 0 bridgehead atoms. The molecule has 0 aliphatic rings. The largest absolute Gasteiger partial charge is 0.497 e. The first-order chi connectivity index (χ1) is 18.6. The Balaban J connectivity index is 2.05. The van der Waals surface area contributed by atoms with Gasteiger partial charge in [-0.05, 0) is 62.7 Å². The van der Waals surface area contributed by atoms with Gasteiger partial charge in [0, 0.05) is 12.6 Å². The topological polar surface area (TPSA) is 105 Å². The number of rotatable bonds is 12. The maximum absolute atomic E-state index is 13.9. The van der Waals surface area contributed by atoms with Crippen molar-refractivity contribution < 1.29 is 27.5 Å². The molecule has 0 heterocycles. The van der Waals surface area contributed by atoms with Gasteiger partial charge in [0.2, 0.25) is 11.8 Å². The molecular weight excluding hydrogens is 518 g/mol. The van der Waals surface area contributed by atoms with E-state index in [4.69, 9.17) is 9.47 Å². The van der Waals surface area contributed by atoms with Gasteiger partial charge in [-0.2, -0.15) is 0 Å². The molecule has 0 aliphatic heterocycles. The van der Waals surface area contributed by atoms with Crippen LogP contribution in [0.4, 0.5) is 5.69 Å². The lowest BCUT2D eigenvalue weighted by atomic mass is 10.1. The van der Waals surface area contributed by atoms with Gasteiger partial charge in [-0.3, -0.25) is 13.9 Å². The first kappa shape index (κ1) is 29.5. The normalized spacial score (nSPS) is 11.9. The van der Waals surface area contributed by atoms with Crippen molar-refractivity contribution in [2.45, 2.75) is 44.3 Å². The van der Waals surface area contributed by atoms with E-state index in [1.54, 1.807) is 80.8 Å². The summed E-state index contributed by atoms with van der Waals surface area (Å²) in [5.41, 5.74) is 0.962. The molecule has 0 radical (unpaired) electrons. The van der Waals surface area contributed by atoms with Crippen molar-refractivity contribution in [1.82, 2.24) is 10.2 Å². The van der Waals surface area contributed by atoms with Gasteiger partial charge in [-0.1, -0.05) is 42.5 Å². The van der Waals surface area contributed by atoms with Gasteiger partial charge in [0.25, 0.3) is 10.0 Å². The summed E-state index contributed by atoms with van der Waals surface area (Å²) in [5, 5.41) is 2.84. The summed E-state index contributed by atoms with van der Waals surface area (Å²) in [5.74, 6) is 0.0416. The number of anilines is 1. The van der Waals surface area contributed by atoms with Gasteiger partial charge >= 0.3 is 0 Å². The van der Waals surface area contributed by atoms with Crippen molar-refractivity contribution >= 4 is 27.5 Å². The molecule has 3 aromatic rings. The lowest BCUT2D eigenvalue weighted by molar-refractivity contribution is -0.139. The van der Waals surface area contributed by atoms with Crippen molar-refractivity contribution in [2.75, 3.05) is 25.1 Å². The molecule has 9 nitrogen and oxygen atoms in total. The van der Waals surface area contributed by atoms with Gasteiger partial charge in [0.05, 0.1) is 24.8 Å². The number of sulfonamides is 1. The van der Waals surface area contributed by atoms with Crippen LogP contribution in [0.3, 0.4) is 0 Å². The first-order valence-electron chi connectivity index (χ1n) is 12.5. The van der Waals surface area contributed by atoms with E-state index in [0.717, 1.165) is 9.87 Å². The van der Waals surface area contributed by atoms with Crippen LogP contribution in [0.5, 0.6) is 11.5 Å². The highest BCUT2D eigenvalue weighted by molar-refractivity contribution is 7.92. The third-order valence-electron chi connectivity index (χ3n) is 6.07. The summed E-state index contributed by atoms with van der Waals surface area (Å²) in [4.78, 5) is 28.3. The van der Waals surface area contributed by atoms with Crippen LogP contribution in [-0.4, -0.2) is 58.0 Å². The van der Waals surface area contributed by atoms with E-state index in [2.05, 4.69) is 5.32 Å². The fourth-order valence-corrected chi connectivity index (χ4v) is 5.43. The van der Waals surface area contributed by atoms with E-state index in [9.17, 15) is 18.0 Å². The molecule has 0 spiro atoms. The highest BCUT2D eigenvalue weighted by Gasteiger charge is 2.33. The van der Waals surface area contributed by atoms with Crippen LogP contribution >= 0.6 is 0 Å². The molecule has 0 fully saturated rings. The summed E-state index contributed by atoms with van der Waals surface area (Å²) in [6.07, 6.45) is 0. The standard InChI is InChI=1S/C29H35N3O6S/c1-21(2)30-29(34)22(3)31(19-23-15-17-24(37-4)18-16-23)28(33)20-32(26-13-9-10-14-27(26)38-5)39(35,36)25-11-7-6-8-12-25/h6-18,21-22H,19-20H2,1-5H3,(H,30,34)/t22-/m1/s1. The number of para-hydroxylation sites is 2. The van der Waals surface area contributed by atoms with E-state index in [1.807, 2.05) is 13.8 Å². The number of amides is 2. The van der Waals surface area contributed by atoms with E-state index in [-0.39, 0.29) is 34.8 Å². The van der Waals surface area contributed by atoms with E-state index in [1.165, 1.54) is 24.1 Å². The molecule has 1 N–H and O–H groups in total. The minimum atomic E-state index is -4.17. The van der Waals surface area contributed by atoms with E-state index in [0.29, 0.717) is 5.75 Å². The number of carbonyl (C=O) groups is 2. The number of ether oxygens (including phenoxy) is 2. The predicted molar refractivity (Wildman–Crippen MR) is 150 cm³/mol. The minimum absolute atomic E-state index is 0.0241. The Bertz CT molecular complexity index is 1360. The molecule has 2 amide bonds. The monoisotopic (exact) mass is 553 g/mol. The molecule has 10 heteroatoms. The van der Waals surface area contributed by atoms with Gasteiger partial charge in [0.15, 0.2) is 0 Å². The second-order valence-electron chi connectivity index (χ2n) is 9.21. The zero-order valence-corrected chi connectivity index (χ0v) is 23.6. The second-order valence-corrected chi connectivity index (χ2v) is 11.1. The Hall–Kier alpha value is -4.05. The zero-order chi connectivity index (χ0) is 28.6. The summed E-state index contributed by atoms with van der Waals surface area (Å²) < 4.78 is 39.4. The van der Waals surface area contributed by atoms with Crippen LogP contribution in [0.1, 0.15) is 26.3 Å². The highest BCUT2D eigenvalue weighted by atomic mass is 32.2. The van der Waals surface area contributed by atoms with Gasteiger partial charge in [-0.15, -0.1) is 0 Å². The van der Waals surface area contributed by atoms with Crippen LogP contribution in [0, 0.1) is 0 Å². The van der Waals surface area contributed by atoms with Crippen molar-refractivity contribution in [3.8, 4) is 11.5 Å². The fourth-order valence-electron chi connectivity index (χ4n) is 3.98. The predicted octanol–water partition coefficient (Wildman–Crippen LogP) is 3.84. The summed E-state index contributed by atoms with van der Waals surface area (Å²) in [6, 6.07) is 20.6. The van der Waals surface area contributed by atoms with Gasteiger partial charge in [0.1, 0.15) is 24.1 Å². The molecular formula is C29H35N3O6S. The average molecular weight is 554 g/mol. The van der Waals surface area contributed by atoms with E-state index >= 15 is 0 Å². The molecule has 0 saturated heterocycles. The molecule has 208 valence electrons. The average Bonchev–Trinajstić information content (AvgIpc) is 2.94. The Morgan fingerprint density at radius 3 is 2.05 bits per heavy atom. The third kappa shape index (κ3) is 7.29. The summed E-state index contributed by atoms with van der Waals surface area (Å²) in [6.45, 7) is 4.82. The van der Waals surface area contributed by atoms with Gasteiger partial charge < -0.3 is 19.7 Å². The number of nitrogens with one attached hydrogen (secondary N) is 1. The quantitative estimate of drug-likeness (QED) is 0.365. The van der Waals surface area contributed by atoms with Crippen LogP contribution in [0.25, 0.3) is 0 Å². The Kier molecular flexibility index (Phi) is 9.95. The smallest absolute Gasteiger partial charge is 0.264 e. The number of methoxy groups -OCH3 is 2. The highest BCUT2D eigenvalue weighted by Crippen LogP contribution is 2.32. The minimum Gasteiger partial charge on any atom is -0.497 e. The first-order valence-corrected chi connectivity index (χ1v) is 14.0. The maximum Gasteiger partial charge on any atom is 0.264 e. The summed E-state index contributed by atoms with van der Waals surface area (Å²) >= 11 is 0. The van der Waals surface area contributed by atoms with Crippen molar-refractivity contribution in [3.63, 3.8) is 0 Å². The lowest BCUT2D eigenvalue weighted by Crippen LogP contribution is -2.52. The van der Waals surface area contributed by atoms with Crippen molar-refractivity contribution in [2.24, 2.45) is 0 Å². The third-order valence-corrected chi connectivity index (χ3v) is 7.85. The molecule has 3 aromatic carbocycles. The molecule has 0 aliphatic carbocycles. The molecule has 0 unspecified atom stereocenters. The second kappa shape index (κ2) is 13.1. The fraction of sp³-hybridized carbons (Fsp3) is 0.310. The molecule has 0 aromatic heterocycles. The van der Waals surface area contributed by atoms with E-state index < -0.39 is 28.5 Å². The van der Waals surface area contributed by atoms with Crippen LogP contribution in [0.2, 0.25) is 0 Å². The number of benzene rings is 3.